The molecule has 6 heteroatoms. The number of benzene rings is 2. The number of methoxy groups -OCH3 is 1. The van der Waals surface area contributed by atoms with Gasteiger partial charge in [0.15, 0.2) is 5.78 Å². The molecule has 2 aromatic rings. The summed E-state index contributed by atoms with van der Waals surface area (Å²) in [6.07, 6.45) is 1.75. The zero-order valence-electron chi connectivity index (χ0n) is 16.6. The van der Waals surface area contributed by atoms with Gasteiger partial charge < -0.3 is 25.6 Å². The highest BCUT2D eigenvalue weighted by atomic mass is 16.5. The van der Waals surface area contributed by atoms with Crippen LogP contribution in [-0.2, 0) is 0 Å². The number of piperazine rings is 1. The number of Topliss-reactive ketones (excluding diaryl/α,β-unsaturated/α-hetero) is 1. The summed E-state index contributed by atoms with van der Waals surface area (Å²) in [6, 6.07) is 15.3. The van der Waals surface area contributed by atoms with E-state index in [1.54, 1.807) is 13.3 Å². The Balaban J connectivity index is 1.59. The van der Waals surface area contributed by atoms with Crippen LogP contribution in [0.4, 0.5) is 5.69 Å². The zero-order chi connectivity index (χ0) is 20.2. The van der Waals surface area contributed by atoms with Crippen LogP contribution in [0.5, 0.6) is 5.75 Å². The topological polar surface area (TPSA) is 65.6 Å². The molecule has 2 aromatic carbocycles. The summed E-state index contributed by atoms with van der Waals surface area (Å²) in [7, 11) is 1.63. The molecule has 29 heavy (non-hydrogen) atoms. The molecule has 6 nitrogen and oxygen atoms in total. The van der Waals surface area contributed by atoms with E-state index in [9.17, 15) is 4.79 Å². The van der Waals surface area contributed by atoms with Crippen LogP contribution in [0.2, 0.25) is 0 Å². The average molecular weight is 390 g/mol. The maximum absolute atomic E-state index is 13.3. The Morgan fingerprint density at radius 3 is 2.62 bits per heavy atom. The van der Waals surface area contributed by atoms with Gasteiger partial charge in [0, 0.05) is 49.2 Å². The maximum atomic E-state index is 13.3. The summed E-state index contributed by atoms with van der Waals surface area (Å²) in [4.78, 5) is 15.6. The van der Waals surface area contributed by atoms with Crippen molar-refractivity contribution in [2.45, 2.75) is 6.04 Å². The molecule has 0 spiro atoms. The lowest BCUT2D eigenvalue weighted by Gasteiger charge is -2.30. The number of ether oxygens (including phenoxy) is 1. The molecule has 1 unspecified atom stereocenters. The zero-order valence-corrected chi connectivity index (χ0v) is 16.6. The quantitative estimate of drug-likeness (QED) is 0.682. The monoisotopic (exact) mass is 390 g/mol. The number of rotatable bonds is 5. The minimum absolute atomic E-state index is 0.0165. The Bertz CT molecular complexity index is 930. The van der Waals surface area contributed by atoms with Gasteiger partial charge in [-0.3, -0.25) is 4.79 Å². The third-order valence-electron chi connectivity index (χ3n) is 5.33. The Kier molecular flexibility index (Phi) is 5.53. The Labute approximate surface area is 171 Å². The van der Waals surface area contributed by atoms with E-state index in [2.05, 4.69) is 27.4 Å². The summed E-state index contributed by atoms with van der Waals surface area (Å²) in [6.45, 7) is 7.87. The van der Waals surface area contributed by atoms with E-state index in [4.69, 9.17) is 4.74 Å². The predicted octanol–water partition coefficient (Wildman–Crippen LogP) is 2.58. The first-order chi connectivity index (χ1) is 14.2. The number of nitrogens with zero attached hydrogens (tertiary/aromatic N) is 1. The van der Waals surface area contributed by atoms with Crippen molar-refractivity contribution in [1.82, 2.24) is 16.0 Å². The minimum Gasteiger partial charge on any atom is -0.497 e. The molecule has 0 aromatic heterocycles. The highest BCUT2D eigenvalue weighted by Crippen LogP contribution is 2.30. The van der Waals surface area contributed by atoms with Gasteiger partial charge in [0.2, 0.25) is 0 Å². The van der Waals surface area contributed by atoms with Crippen molar-refractivity contribution in [2.75, 3.05) is 38.2 Å². The lowest BCUT2D eigenvalue weighted by Crippen LogP contribution is -2.43. The van der Waals surface area contributed by atoms with Gasteiger partial charge in [0.05, 0.1) is 19.0 Å². The normalized spacial score (nSPS) is 19.1. The molecule has 4 rings (SSSR count). The van der Waals surface area contributed by atoms with E-state index < -0.39 is 0 Å². The lowest BCUT2D eigenvalue weighted by molar-refractivity contribution is 0.102. The van der Waals surface area contributed by atoms with Crippen molar-refractivity contribution >= 4 is 11.5 Å². The van der Waals surface area contributed by atoms with Crippen LogP contribution in [0.25, 0.3) is 0 Å². The first-order valence-electron chi connectivity index (χ1n) is 9.82. The van der Waals surface area contributed by atoms with E-state index in [-0.39, 0.29) is 11.8 Å². The van der Waals surface area contributed by atoms with Gasteiger partial charge in [-0.1, -0.05) is 18.7 Å². The minimum atomic E-state index is -0.292. The predicted molar refractivity (Wildman–Crippen MR) is 115 cm³/mol. The van der Waals surface area contributed by atoms with Gasteiger partial charge in [0.1, 0.15) is 5.75 Å². The Morgan fingerprint density at radius 2 is 1.90 bits per heavy atom. The van der Waals surface area contributed by atoms with Crippen LogP contribution in [0.15, 0.2) is 72.7 Å². The van der Waals surface area contributed by atoms with Crippen molar-refractivity contribution in [3.05, 3.63) is 83.8 Å². The van der Waals surface area contributed by atoms with Crippen molar-refractivity contribution < 1.29 is 9.53 Å². The van der Waals surface area contributed by atoms with Gasteiger partial charge in [-0.05, 0) is 42.0 Å². The molecule has 2 heterocycles. The molecule has 3 N–H and O–H groups in total. The van der Waals surface area contributed by atoms with Crippen molar-refractivity contribution in [3.63, 3.8) is 0 Å². The number of carbonyl (C=O) groups excluding carboxylic acids is 1. The van der Waals surface area contributed by atoms with Crippen molar-refractivity contribution in [2.24, 2.45) is 0 Å². The second-order valence-corrected chi connectivity index (χ2v) is 7.19. The van der Waals surface area contributed by atoms with Crippen molar-refractivity contribution in [3.8, 4) is 5.75 Å². The first-order valence-corrected chi connectivity index (χ1v) is 9.82. The first kappa shape index (κ1) is 19.1. The van der Waals surface area contributed by atoms with Gasteiger partial charge in [-0.25, -0.2) is 0 Å². The Hall–Kier alpha value is -3.25. The maximum Gasteiger partial charge on any atom is 0.192 e. The summed E-state index contributed by atoms with van der Waals surface area (Å²) in [5, 5.41) is 9.68. The molecular weight excluding hydrogens is 364 g/mol. The summed E-state index contributed by atoms with van der Waals surface area (Å²) in [5.74, 6) is 1.39. The number of hydrogen-bond acceptors (Lipinski definition) is 6. The molecule has 2 aliphatic rings. The highest BCUT2D eigenvalue weighted by molar-refractivity contribution is 6.09. The van der Waals surface area contributed by atoms with Gasteiger partial charge >= 0.3 is 0 Å². The highest BCUT2D eigenvalue weighted by Gasteiger charge is 2.27. The molecule has 1 fully saturated rings. The van der Waals surface area contributed by atoms with E-state index in [0.717, 1.165) is 43.2 Å². The second-order valence-electron chi connectivity index (χ2n) is 7.19. The summed E-state index contributed by atoms with van der Waals surface area (Å²) < 4.78 is 5.34. The summed E-state index contributed by atoms with van der Waals surface area (Å²) in [5.41, 5.74) is 3.40. The van der Waals surface area contributed by atoms with E-state index >= 15 is 0 Å². The fourth-order valence-electron chi connectivity index (χ4n) is 3.74. The Morgan fingerprint density at radius 1 is 1.14 bits per heavy atom. The van der Waals surface area contributed by atoms with Crippen LogP contribution in [0.1, 0.15) is 22.0 Å². The van der Waals surface area contributed by atoms with Crippen LogP contribution in [0.3, 0.4) is 0 Å². The van der Waals surface area contributed by atoms with Crippen LogP contribution in [0, 0.1) is 0 Å². The lowest BCUT2D eigenvalue weighted by atomic mass is 9.91. The van der Waals surface area contributed by atoms with Crippen LogP contribution in [-0.4, -0.2) is 39.1 Å². The number of hydrogen-bond donors (Lipinski definition) is 3. The molecule has 1 saturated heterocycles. The van der Waals surface area contributed by atoms with E-state index in [1.165, 1.54) is 0 Å². The largest absolute Gasteiger partial charge is 0.497 e. The number of carbonyl (C=O) groups is 1. The van der Waals surface area contributed by atoms with Gasteiger partial charge in [-0.15, -0.1) is 0 Å². The molecule has 0 amide bonds. The summed E-state index contributed by atoms with van der Waals surface area (Å²) >= 11 is 0. The molecule has 0 saturated carbocycles. The smallest absolute Gasteiger partial charge is 0.192 e. The molecular formula is C23H26N4O2. The molecule has 0 radical (unpaired) electrons. The van der Waals surface area contributed by atoms with E-state index in [1.807, 2.05) is 48.5 Å². The standard InChI is InChI=1S/C23H26N4O2/c1-16-25-15-21(22(26-16)18-4-3-5-20(14-18)29-2)23(28)17-6-8-19(9-7-17)27-12-10-24-11-13-27/h3-9,14-15,22,24-26H,1,10-13H2,2H3. The van der Waals surface area contributed by atoms with Crippen LogP contribution < -0.4 is 25.6 Å². The molecule has 0 bridgehead atoms. The number of nitrogens with one attached hydrogen (secondary N) is 3. The fourth-order valence-corrected chi connectivity index (χ4v) is 3.74. The van der Waals surface area contributed by atoms with Crippen molar-refractivity contribution in [1.29, 1.82) is 0 Å². The van der Waals surface area contributed by atoms with Gasteiger partial charge in [0.25, 0.3) is 0 Å². The average Bonchev–Trinajstić information content (AvgIpc) is 2.79. The third kappa shape index (κ3) is 4.12. The number of ketones is 1. The van der Waals surface area contributed by atoms with E-state index in [0.29, 0.717) is 17.0 Å². The van der Waals surface area contributed by atoms with Gasteiger partial charge in [-0.2, -0.15) is 0 Å². The third-order valence-corrected chi connectivity index (χ3v) is 5.33. The fraction of sp³-hybridized carbons (Fsp3) is 0.261. The number of anilines is 1. The molecule has 150 valence electrons. The molecule has 0 aliphatic carbocycles. The second kappa shape index (κ2) is 8.41. The molecule has 2 aliphatic heterocycles. The van der Waals surface area contributed by atoms with Crippen LogP contribution >= 0.6 is 0 Å². The SMILES string of the molecule is C=C1NC=C(C(=O)c2ccc(N3CCNCC3)cc2)C(c2cccc(OC)c2)N1. The molecule has 1 atom stereocenters.